The number of alkyl halides is 3. The molecular weight excluding hydrogens is 233 g/mol. The number of aliphatic hydroxyl groups excluding tert-OH is 1. The third-order valence-electron chi connectivity index (χ3n) is 1.85. The van der Waals surface area contributed by atoms with E-state index in [2.05, 4.69) is 0 Å². The Kier molecular flexibility index (Phi) is 3.46. The van der Waals surface area contributed by atoms with Crippen molar-refractivity contribution in [2.24, 2.45) is 0 Å². The standard InChI is InChI=1S/C9H8ClF3O2/c1-15-8-3-7(10)6(9(11,12)13)2-5(8)4-14/h2-3,14H,4H2,1H3. The fraction of sp³-hybridized carbons (Fsp3) is 0.333. The first-order chi connectivity index (χ1) is 6.90. The first kappa shape index (κ1) is 12.1. The summed E-state index contributed by atoms with van der Waals surface area (Å²) in [5.74, 6) is 0.135. The molecule has 0 atom stereocenters. The number of methoxy groups -OCH3 is 1. The predicted octanol–water partition coefficient (Wildman–Crippen LogP) is 2.86. The molecular formula is C9H8ClF3O2. The molecule has 1 aromatic rings. The number of benzene rings is 1. The highest BCUT2D eigenvalue weighted by Crippen LogP contribution is 2.38. The van der Waals surface area contributed by atoms with E-state index in [-0.39, 0.29) is 11.3 Å². The van der Waals surface area contributed by atoms with Gasteiger partial charge < -0.3 is 9.84 Å². The van der Waals surface area contributed by atoms with Crippen molar-refractivity contribution < 1.29 is 23.0 Å². The lowest BCUT2D eigenvalue weighted by molar-refractivity contribution is -0.137. The molecule has 0 saturated carbocycles. The molecule has 0 saturated heterocycles. The SMILES string of the molecule is COc1cc(Cl)c(C(F)(F)F)cc1CO. The summed E-state index contributed by atoms with van der Waals surface area (Å²) in [6.45, 7) is -0.538. The van der Waals surface area contributed by atoms with Crippen molar-refractivity contribution in [2.75, 3.05) is 7.11 Å². The van der Waals surface area contributed by atoms with Crippen LogP contribution in [0.2, 0.25) is 5.02 Å². The van der Waals surface area contributed by atoms with Gasteiger partial charge >= 0.3 is 6.18 Å². The minimum Gasteiger partial charge on any atom is -0.496 e. The molecule has 0 aromatic heterocycles. The van der Waals surface area contributed by atoms with Crippen LogP contribution in [0.15, 0.2) is 12.1 Å². The molecule has 0 aliphatic carbocycles. The topological polar surface area (TPSA) is 29.5 Å². The van der Waals surface area contributed by atoms with Crippen LogP contribution in [0, 0.1) is 0 Å². The van der Waals surface area contributed by atoms with Crippen molar-refractivity contribution in [3.05, 3.63) is 28.3 Å². The molecule has 0 unspecified atom stereocenters. The number of hydrogen-bond donors (Lipinski definition) is 1. The van der Waals surface area contributed by atoms with E-state index in [9.17, 15) is 13.2 Å². The summed E-state index contributed by atoms with van der Waals surface area (Å²) < 4.78 is 42.0. The van der Waals surface area contributed by atoms with Crippen LogP contribution >= 0.6 is 11.6 Å². The highest BCUT2D eigenvalue weighted by molar-refractivity contribution is 6.31. The second kappa shape index (κ2) is 4.28. The van der Waals surface area contributed by atoms with Crippen LogP contribution in [-0.2, 0) is 12.8 Å². The molecule has 0 aliphatic rings. The van der Waals surface area contributed by atoms with Gasteiger partial charge in [-0.05, 0) is 12.1 Å². The van der Waals surface area contributed by atoms with Crippen LogP contribution in [-0.4, -0.2) is 12.2 Å². The maximum Gasteiger partial charge on any atom is 0.417 e. The minimum atomic E-state index is -4.53. The molecule has 1 aromatic carbocycles. The van der Waals surface area contributed by atoms with Gasteiger partial charge in [0.15, 0.2) is 0 Å². The number of hydrogen-bond acceptors (Lipinski definition) is 2. The third-order valence-corrected chi connectivity index (χ3v) is 2.16. The third kappa shape index (κ3) is 2.54. The van der Waals surface area contributed by atoms with Gasteiger partial charge in [0.05, 0.1) is 24.3 Å². The van der Waals surface area contributed by atoms with Gasteiger partial charge in [0.1, 0.15) is 5.75 Å². The second-order valence-corrected chi connectivity index (χ2v) is 3.21. The molecule has 84 valence electrons. The molecule has 6 heteroatoms. The summed E-state index contributed by atoms with van der Waals surface area (Å²) in [5.41, 5.74) is -0.928. The van der Waals surface area contributed by atoms with E-state index in [0.717, 1.165) is 12.1 Å². The molecule has 0 spiro atoms. The van der Waals surface area contributed by atoms with E-state index < -0.39 is 23.4 Å². The van der Waals surface area contributed by atoms with Crippen molar-refractivity contribution in [1.29, 1.82) is 0 Å². The Balaban J connectivity index is 3.32. The average Bonchev–Trinajstić information content (AvgIpc) is 2.15. The Morgan fingerprint density at radius 2 is 2.00 bits per heavy atom. The number of aliphatic hydroxyl groups is 1. The molecule has 0 amide bonds. The summed E-state index contributed by atoms with van der Waals surface area (Å²) in [4.78, 5) is 0. The maximum absolute atomic E-state index is 12.4. The van der Waals surface area contributed by atoms with Crippen LogP contribution in [0.25, 0.3) is 0 Å². The number of rotatable bonds is 2. The summed E-state index contributed by atoms with van der Waals surface area (Å²) in [7, 11) is 1.29. The Labute approximate surface area is 89.2 Å². The monoisotopic (exact) mass is 240 g/mol. The summed E-state index contributed by atoms with van der Waals surface area (Å²) in [6.07, 6.45) is -4.53. The fourth-order valence-corrected chi connectivity index (χ4v) is 1.39. The summed E-state index contributed by atoms with van der Waals surface area (Å²) in [6, 6.07) is 1.82. The lowest BCUT2D eigenvalue weighted by Crippen LogP contribution is -2.07. The van der Waals surface area contributed by atoms with Crippen molar-refractivity contribution >= 4 is 11.6 Å². The fourth-order valence-electron chi connectivity index (χ4n) is 1.13. The molecule has 0 fully saturated rings. The van der Waals surface area contributed by atoms with Gasteiger partial charge in [-0.2, -0.15) is 13.2 Å². The first-order valence-electron chi connectivity index (χ1n) is 3.94. The van der Waals surface area contributed by atoms with E-state index in [0.29, 0.717) is 0 Å². The smallest absolute Gasteiger partial charge is 0.417 e. The van der Waals surface area contributed by atoms with Crippen LogP contribution in [0.1, 0.15) is 11.1 Å². The molecule has 2 nitrogen and oxygen atoms in total. The average molecular weight is 241 g/mol. The van der Waals surface area contributed by atoms with E-state index >= 15 is 0 Å². The molecule has 15 heavy (non-hydrogen) atoms. The Morgan fingerprint density at radius 3 is 2.40 bits per heavy atom. The lowest BCUT2D eigenvalue weighted by Gasteiger charge is -2.13. The van der Waals surface area contributed by atoms with Crippen molar-refractivity contribution in [3.8, 4) is 5.75 Å². The van der Waals surface area contributed by atoms with Crippen LogP contribution in [0.5, 0.6) is 5.75 Å². The highest BCUT2D eigenvalue weighted by atomic mass is 35.5. The highest BCUT2D eigenvalue weighted by Gasteiger charge is 2.34. The molecule has 1 rings (SSSR count). The van der Waals surface area contributed by atoms with E-state index in [1.54, 1.807) is 0 Å². The minimum absolute atomic E-state index is 0.0502. The first-order valence-corrected chi connectivity index (χ1v) is 4.32. The van der Waals surface area contributed by atoms with Gasteiger partial charge in [-0.3, -0.25) is 0 Å². The zero-order valence-electron chi connectivity index (χ0n) is 7.73. The van der Waals surface area contributed by atoms with E-state index in [4.69, 9.17) is 21.4 Å². The van der Waals surface area contributed by atoms with E-state index in [1.165, 1.54) is 7.11 Å². The van der Waals surface area contributed by atoms with Gasteiger partial charge in [0.2, 0.25) is 0 Å². The van der Waals surface area contributed by atoms with Gasteiger partial charge in [-0.1, -0.05) is 11.6 Å². The molecule has 0 aliphatic heterocycles. The van der Waals surface area contributed by atoms with Crippen LogP contribution in [0.4, 0.5) is 13.2 Å². The van der Waals surface area contributed by atoms with Gasteiger partial charge in [-0.15, -0.1) is 0 Å². The van der Waals surface area contributed by atoms with Crippen molar-refractivity contribution in [2.45, 2.75) is 12.8 Å². The zero-order chi connectivity index (χ0) is 11.6. The van der Waals surface area contributed by atoms with E-state index in [1.807, 2.05) is 0 Å². The van der Waals surface area contributed by atoms with Gasteiger partial charge in [-0.25, -0.2) is 0 Å². The summed E-state index contributed by atoms with van der Waals surface area (Å²) in [5, 5.41) is 8.39. The predicted molar refractivity (Wildman–Crippen MR) is 48.9 cm³/mol. The quantitative estimate of drug-likeness (QED) is 0.861. The second-order valence-electron chi connectivity index (χ2n) is 2.80. The summed E-state index contributed by atoms with van der Waals surface area (Å²) >= 11 is 5.44. The number of halogens is 4. The molecule has 0 bridgehead atoms. The maximum atomic E-state index is 12.4. The molecule has 0 heterocycles. The van der Waals surface area contributed by atoms with Gasteiger partial charge in [0, 0.05) is 5.56 Å². The lowest BCUT2D eigenvalue weighted by atomic mass is 10.1. The largest absolute Gasteiger partial charge is 0.496 e. The van der Waals surface area contributed by atoms with Crippen LogP contribution in [0.3, 0.4) is 0 Å². The Morgan fingerprint density at radius 1 is 1.40 bits per heavy atom. The van der Waals surface area contributed by atoms with Gasteiger partial charge in [0.25, 0.3) is 0 Å². The normalized spacial score (nSPS) is 11.6. The molecule has 0 radical (unpaired) electrons. The molecule has 1 N–H and O–H groups in total. The van der Waals surface area contributed by atoms with Crippen molar-refractivity contribution in [3.63, 3.8) is 0 Å². The van der Waals surface area contributed by atoms with Crippen LogP contribution < -0.4 is 4.74 Å². The number of ether oxygens (including phenoxy) is 1. The Bertz CT molecular complexity index is 363. The van der Waals surface area contributed by atoms with Crippen molar-refractivity contribution in [1.82, 2.24) is 0 Å². The Hall–Kier alpha value is -0.940. The zero-order valence-corrected chi connectivity index (χ0v) is 8.49.